The fraction of sp³-hybridized carbons (Fsp3) is 0.533. The summed E-state index contributed by atoms with van der Waals surface area (Å²) in [6.45, 7) is 4.11. The number of hydrogen-bond donors (Lipinski definition) is 3. The first kappa shape index (κ1) is 14.7. The lowest BCUT2D eigenvalue weighted by atomic mass is 9.94. The van der Waals surface area contributed by atoms with E-state index in [9.17, 15) is 0 Å². The average molecular weight is 277 g/mol. The third kappa shape index (κ3) is 3.22. The van der Waals surface area contributed by atoms with E-state index in [0.717, 1.165) is 49.2 Å². The van der Waals surface area contributed by atoms with Crippen molar-refractivity contribution >= 4 is 11.5 Å². The van der Waals surface area contributed by atoms with Crippen LogP contribution in [0.1, 0.15) is 30.4 Å². The lowest BCUT2D eigenvalue weighted by Crippen LogP contribution is -2.37. The van der Waals surface area contributed by atoms with Crippen LogP contribution in [-0.4, -0.2) is 35.8 Å². The molecule has 0 saturated carbocycles. The Balaban J connectivity index is 2.27. The molecule has 0 amide bonds. The van der Waals surface area contributed by atoms with Crippen LogP contribution < -0.4 is 10.6 Å². The zero-order chi connectivity index (χ0) is 14.5. The van der Waals surface area contributed by atoms with E-state index in [1.54, 1.807) is 0 Å². The van der Waals surface area contributed by atoms with Gasteiger partial charge in [-0.15, -0.1) is 0 Å². The van der Waals surface area contributed by atoms with Gasteiger partial charge in [0.05, 0.1) is 0 Å². The maximum Gasteiger partial charge on any atom is 0.172 e. The molecule has 5 nitrogen and oxygen atoms in total. The average Bonchev–Trinajstić information content (AvgIpc) is 2.47. The van der Waals surface area contributed by atoms with Crippen LogP contribution in [0.2, 0.25) is 0 Å². The number of amidine groups is 1. The van der Waals surface area contributed by atoms with Crippen molar-refractivity contribution < 1.29 is 10.3 Å². The van der Waals surface area contributed by atoms with Gasteiger partial charge in [-0.1, -0.05) is 16.8 Å². The van der Waals surface area contributed by atoms with Crippen molar-refractivity contribution in [1.29, 1.82) is 0 Å². The molecule has 0 spiro atoms. The Kier molecular flexibility index (Phi) is 4.84. The smallest absolute Gasteiger partial charge is 0.172 e. The number of hydrogen-bond acceptors (Lipinski definition) is 4. The normalized spacial score (nSPS) is 20.2. The van der Waals surface area contributed by atoms with Crippen molar-refractivity contribution in [1.82, 2.24) is 0 Å². The number of benzene rings is 1. The number of aryl methyl sites for hydroxylation is 1. The second-order valence-electron chi connectivity index (χ2n) is 5.47. The van der Waals surface area contributed by atoms with Crippen molar-refractivity contribution in [2.24, 2.45) is 16.8 Å². The molecule has 1 heterocycles. The molecular formula is C15H23N3O2. The molecule has 5 heteroatoms. The summed E-state index contributed by atoms with van der Waals surface area (Å²) in [5, 5.41) is 21.2. The Morgan fingerprint density at radius 1 is 1.50 bits per heavy atom. The van der Waals surface area contributed by atoms with Crippen molar-refractivity contribution in [3.8, 4) is 0 Å². The van der Waals surface area contributed by atoms with Crippen LogP contribution in [-0.2, 0) is 0 Å². The quantitative estimate of drug-likeness (QED) is 0.338. The van der Waals surface area contributed by atoms with Crippen molar-refractivity contribution in [2.45, 2.75) is 26.2 Å². The van der Waals surface area contributed by atoms with Crippen LogP contribution >= 0.6 is 0 Å². The van der Waals surface area contributed by atoms with Gasteiger partial charge in [0.15, 0.2) is 5.84 Å². The first-order valence-corrected chi connectivity index (χ1v) is 7.10. The van der Waals surface area contributed by atoms with Crippen LogP contribution in [0.4, 0.5) is 5.69 Å². The van der Waals surface area contributed by atoms with Crippen LogP contribution in [0.5, 0.6) is 0 Å². The number of oxime groups is 1. The SMILES string of the molecule is Cc1ccc(N2CCCC(CCO)C2)c(/C(N)=N/O)c1. The van der Waals surface area contributed by atoms with Gasteiger partial charge >= 0.3 is 0 Å². The summed E-state index contributed by atoms with van der Waals surface area (Å²) in [6.07, 6.45) is 3.09. The van der Waals surface area contributed by atoms with Crippen molar-refractivity contribution in [2.75, 3.05) is 24.6 Å². The third-order valence-electron chi connectivity index (χ3n) is 3.93. The largest absolute Gasteiger partial charge is 0.409 e. The molecule has 1 saturated heterocycles. The van der Waals surface area contributed by atoms with Gasteiger partial charge in [-0.25, -0.2) is 0 Å². The highest BCUT2D eigenvalue weighted by Crippen LogP contribution is 2.28. The standard InChI is InChI=1S/C15H23N3O2/c1-11-4-5-14(13(9-11)15(16)17-20)18-7-2-3-12(10-18)6-8-19/h4-5,9,12,19-20H,2-3,6-8,10H2,1H3,(H2,16,17). The highest BCUT2D eigenvalue weighted by molar-refractivity contribution is 6.02. The molecule has 1 unspecified atom stereocenters. The van der Waals surface area contributed by atoms with Gasteiger partial charge in [-0.2, -0.15) is 0 Å². The molecule has 0 aliphatic carbocycles. The topological polar surface area (TPSA) is 82.1 Å². The molecule has 1 atom stereocenters. The molecule has 0 bridgehead atoms. The first-order chi connectivity index (χ1) is 9.65. The van der Waals surface area contributed by atoms with Gasteiger partial charge in [0, 0.05) is 30.9 Å². The Morgan fingerprint density at radius 3 is 3.00 bits per heavy atom. The van der Waals surface area contributed by atoms with Gasteiger partial charge in [-0.05, 0) is 44.2 Å². The van der Waals surface area contributed by atoms with E-state index >= 15 is 0 Å². The molecule has 1 aromatic carbocycles. The fourth-order valence-electron chi connectivity index (χ4n) is 2.89. The van der Waals surface area contributed by atoms with Gasteiger partial charge in [0.1, 0.15) is 0 Å². The summed E-state index contributed by atoms with van der Waals surface area (Å²) in [5.74, 6) is 0.656. The second-order valence-corrected chi connectivity index (χ2v) is 5.47. The van der Waals surface area contributed by atoms with Crippen LogP contribution in [0.15, 0.2) is 23.4 Å². The van der Waals surface area contributed by atoms with Crippen LogP contribution in [0.3, 0.4) is 0 Å². The molecule has 0 aromatic heterocycles. The van der Waals surface area contributed by atoms with E-state index in [1.165, 1.54) is 0 Å². The maximum absolute atomic E-state index is 9.10. The molecule has 0 radical (unpaired) electrons. The molecule has 2 rings (SSSR count). The zero-order valence-electron chi connectivity index (χ0n) is 11.9. The monoisotopic (exact) mass is 277 g/mol. The minimum Gasteiger partial charge on any atom is -0.409 e. The number of nitrogens with two attached hydrogens (primary N) is 1. The van der Waals surface area contributed by atoms with E-state index in [2.05, 4.69) is 10.1 Å². The Morgan fingerprint density at radius 2 is 2.30 bits per heavy atom. The number of rotatable bonds is 4. The van der Waals surface area contributed by atoms with E-state index in [1.807, 2.05) is 25.1 Å². The van der Waals surface area contributed by atoms with Gasteiger partial charge in [0.2, 0.25) is 0 Å². The van der Waals surface area contributed by atoms with E-state index in [4.69, 9.17) is 16.0 Å². The summed E-state index contributed by atoms with van der Waals surface area (Å²) in [6, 6.07) is 6.02. The van der Waals surface area contributed by atoms with Gasteiger partial charge < -0.3 is 20.9 Å². The Hall–Kier alpha value is -1.75. The summed E-state index contributed by atoms with van der Waals surface area (Å²) in [7, 11) is 0. The van der Waals surface area contributed by atoms with E-state index < -0.39 is 0 Å². The minimum atomic E-state index is 0.146. The molecule has 1 aromatic rings. The molecule has 20 heavy (non-hydrogen) atoms. The fourth-order valence-corrected chi connectivity index (χ4v) is 2.89. The van der Waals surface area contributed by atoms with Gasteiger partial charge in [0.25, 0.3) is 0 Å². The number of aliphatic hydroxyl groups is 1. The highest BCUT2D eigenvalue weighted by Gasteiger charge is 2.22. The predicted octanol–water partition coefficient (Wildman–Crippen LogP) is 1.69. The number of aliphatic hydroxyl groups excluding tert-OH is 1. The molecular weight excluding hydrogens is 254 g/mol. The summed E-state index contributed by atoms with van der Waals surface area (Å²) < 4.78 is 0. The lowest BCUT2D eigenvalue weighted by molar-refractivity contribution is 0.244. The highest BCUT2D eigenvalue weighted by atomic mass is 16.4. The number of anilines is 1. The van der Waals surface area contributed by atoms with Crippen LogP contribution in [0.25, 0.3) is 0 Å². The third-order valence-corrected chi connectivity index (χ3v) is 3.93. The van der Waals surface area contributed by atoms with Crippen molar-refractivity contribution in [3.05, 3.63) is 29.3 Å². The predicted molar refractivity (Wildman–Crippen MR) is 80.3 cm³/mol. The molecule has 4 N–H and O–H groups in total. The molecule has 1 aliphatic rings. The number of piperidine rings is 1. The minimum absolute atomic E-state index is 0.146. The Labute approximate surface area is 119 Å². The summed E-state index contributed by atoms with van der Waals surface area (Å²) >= 11 is 0. The molecule has 1 aliphatic heterocycles. The van der Waals surface area contributed by atoms with Gasteiger partial charge in [-0.3, -0.25) is 0 Å². The summed E-state index contributed by atoms with van der Waals surface area (Å²) in [4.78, 5) is 2.27. The van der Waals surface area contributed by atoms with E-state index in [-0.39, 0.29) is 12.4 Å². The molecule has 1 fully saturated rings. The van der Waals surface area contributed by atoms with Crippen LogP contribution in [0, 0.1) is 12.8 Å². The van der Waals surface area contributed by atoms with Crippen molar-refractivity contribution in [3.63, 3.8) is 0 Å². The first-order valence-electron chi connectivity index (χ1n) is 7.10. The lowest BCUT2D eigenvalue weighted by Gasteiger charge is -2.35. The van der Waals surface area contributed by atoms with E-state index in [0.29, 0.717) is 5.92 Å². The zero-order valence-corrected chi connectivity index (χ0v) is 11.9. The number of nitrogens with zero attached hydrogens (tertiary/aromatic N) is 2. The summed E-state index contributed by atoms with van der Waals surface area (Å²) in [5.41, 5.74) is 8.66. The maximum atomic E-state index is 9.10. The molecule has 110 valence electrons. The Bertz CT molecular complexity index is 486. The second kappa shape index (κ2) is 6.61.